The first-order valence-electron chi connectivity index (χ1n) is 6.31. The molecule has 1 amide bonds. The normalized spacial score (nSPS) is 10.6. The van der Waals surface area contributed by atoms with Gasteiger partial charge in [-0.2, -0.15) is 0 Å². The van der Waals surface area contributed by atoms with Gasteiger partial charge in [-0.05, 0) is 24.1 Å². The lowest BCUT2D eigenvalue weighted by Gasteiger charge is -2.05. The monoisotopic (exact) mass is 310 g/mol. The second-order valence-corrected chi connectivity index (χ2v) is 5.33. The highest BCUT2D eigenvalue weighted by atomic mass is 32.2. The van der Waals surface area contributed by atoms with Gasteiger partial charge in [0, 0.05) is 13.6 Å². The summed E-state index contributed by atoms with van der Waals surface area (Å²) in [6, 6.07) is 6.17. The Hall–Kier alpha value is -2.09. The number of amides is 1. The molecule has 1 aromatic carbocycles. The average Bonchev–Trinajstić information content (AvgIpc) is 2.79. The third-order valence-electron chi connectivity index (χ3n) is 2.82. The van der Waals surface area contributed by atoms with Crippen molar-refractivity contribution in [1.29, 1.82) is 0 Å². The van der Waals surface area contributed by atoms with Crippen molar-refractivity contribution < 1.29 is 9.18 Å². The molecule has 0 saturated heterocycles. The summed E-state index contributed by atoms with van der Waals surface area (Å²) in [7, 11) is 1.58. The molecule has 0 radical (unpaired) electrons. The van der Waals surface area contributed by atoms with Crippen molar-refractivity contribution in [2.24, 2.45) is 7.05 Å². The van der Waals surface area contributed by atoms with Gasteiger partial charge in [0.25, 0.3) is 0 Å². The molecule has 0 bridgehead atoms. The molecule has 0 fully saturated rings. The number of aromatic amines is 1. The van der Waals surface area contributed by atoms with E-state index in [4.69, 9.17) is 0 Å². The van der Waals surface area contributed by atoms with E-state index in [9.17, 15) is 14.0 Å². The Morgan fingerprint density at radius 2 is 2.14 bits per heavy atom. The molecular weight excluding hydrogens is 295 g/mol. The first kappa shape index (κ1) is 15.3. The van der Waals surface area contributed by atoms with Gasteiger partial charge in [0.1, 0.15) is 5.82 Å². The number of carbonyl (C=O) groups is 1. The van der Waals surface area contributed by atoms with Crippen LogP contribution in [0.1, 0.15) is 5.56 Å². The standard InChI is InChI=1S/C13H15FN4O2S/c1-18-12(20)16-17-13(18)21-8-11(19)15-7-6-9-2-4-10(14)5-3-9/h2-5H,6-8H2,1H3,(H,15,19)(H,16,20). The fourth-order valence-corrected chi connectivity index (χ4v) is 2.39. The van der Waals surface area contributed by atoms with Crippen molar-refractivity contribution >= 4 is 17.7 Å². The van der Waals surface area contributed by atoms with Crippen molar-refractivity contribution in [3.05, 3.63) is 46.1 Å². The third kappa shape index (κ3) is 4.45. The first-order valence-corrected chi connectivity index (χ1v) is 7.30. The maximum absolute atomic E-state index is 12.7. The molecule has 0 aliphatic heterocycles. The van der Waals surface area contributed by atoms with E-state index < -0.39 is 0 Å². The minimum Gasteiger partial charge on any atom is -0.355 e. The van der Waals surface area contributed by atoms with Crippen LogP contribution in [0, 0.1) is 5.82 Å². The van der Waals surface area contributed by atoms with Crippen LogP contribution in [-0.4, -0.2) is 33.0 Å². The van der Waals surface area contributed by atoms with Crippen LogP contribution < -0.4 is 11.0 Å². The van der Waals surface area contributed by atoms with E-state index in [2.05, 4.69) is 15.5 Å². The fraction of sp³-hybridized carbons (Fsp3) is 0.308. The number of H-pyrrole nitrogens is 1. The summed E-state index contributed by atoms with van der Waals surface area (Å²) < 4.78 is 14.1. The maximum Gasteiger partial charge on any atom is 0.343 e. The summed E-state index contributed by atoms with van der Waals surface area (Å²) in [5.41, 5.74) is 0.647. The fourth-order valence-electron chi connectivity index (χ4n) is 1.64. The van der Waals surface area contributed by atoms with Gasteiger partial charge in [0.15, 0.2) is 5.16 Å². The summed E-state index contributed by atoms with van der Waals surface area (Å²) in [6.45, 7) is 0.477. The van der Waals surface area contributed by atoms with Crippen LogP contribution in [0.15, 0.2) is 34.2 Å². The van der Waals surface area contributed by atoms with Gasteiger partial charge in [0.05, 0.1) is 5.75 Å². The van der Waals surface area contributed by atoms with Crippen LogP contribution in [0.25, 0.3) is 0 Å². The van der Waals surface area contributed by atoms with E-state index in [1.165, 1.54) is 28.5 Å². The molecule has 0 atom stereocenters. The molecule has 0 aliphatic rings. The zero-order chi connectivity index (χ0) is 15.2. The van der Waals surface area contributed by atoms with E-state index in [1.54, 1.807) is 19.2 Å². The number of benzene rings is 1. The number of hydrogen-bond acceptors (Lipinski definition) is 4. The van der Waals surface area contributed by atoms with Crippen LogP contribution in [-0.2, 0) is 18.3 Å². The second kappa shape index (κ2) is 7.07. The van der Waals surface area contributed by atoms with Crippen LogP contribution in [0.3, 0.4) is 0 Å². The van der Waals surface area contributed by atoms with Crippen LogP contribution >= 0.6 is 11.8 Å². The predicted molar refractivity (Wildman–Crippen MR) is 77.7 cm³/mol. The minimum atomic E-state index is -0.311. The molecule has 0 unspecified atom stereocenters. The summed E-state index contributed by atoms with van der Waals surface area (Å²) in [4.78, 5) is 22.8. The summed E-state index contributed by atoms with van der Waals surface area (Å²) in [5.74, 6) is -0.233. The number of nitrogens with zero attached hydrogens (tertiary/aromatic N) is 2. The zero-order valence-electron chi connectivity index (χ0n) is 11.4. The number of thioether (sulfide) groups is 1. The second-order valence-electron chi connectivity index (χ2n) is 4.39. The van der Waals surface area contributed by atoms with Crippen molar-refractivity contribution in [3.8, 4) is 0 Å². The highest BCUT2D eigenvalue weighted by molar-refractivity contribution is 7.99. The summed E-state index contributed by atoms with van der Waals surface area (Å²) in [5, 5.41) is 9.33. The van der Waals surface area contributed by atoms with Gasteiger partial charge in [-0.25, -0.2) is 14.3 Å². The molecule has 21 heavy (non-hydrogen) atoms. The predicted octanol–water partition coefficient (Wildman–Crippen LogP) is 0.699. The highest BCUT2D eigenvalue weighted by Gasteiger charge is 2.08. The van der Waals surface area contributed by atoms with Crippen LogP contribution in [0.5, 0.6) is 0 Å². The lowest BCUT2D eigenvalue weighted by Crippen LogP contribution is -2.27. The molecule has 0 saturated carbocycles. The van der Waals surface area contributed by atoms with Crippen molar-refractivity contribution in [2.45, 2.75) is 11.6 Å². The van der Waals surface area contributed by atoms with Gasteiger partial charge >= 0.3 is 5.69 Å². The molecule has 2 aromatic rings. The molecule has 1 heterocycles. The van der Waals surface area contributed by atoms with Crippen molar-refractivity contribution in [3.63, 3.8) is 0 Å². The minimum absolute atomic E-state index is 0.141. The SMILES string of the molecule is Cn1c(SCC(=O)NCCc2ccc(F)cc2)n[nH]c1=O. The Kier molecular flexibility index (Phi) is 5.15. The lowest BCUT2D eigenvalue weighted by molar-refractivity contribution is -0.118. The molecule has 2 rings (SSSR count). The molecule has 112 valence electrons. The Morgan fingerprint density at radius 1 is 1.43 bits per heavy atom. The quantitative estimate of drug-likeness (QED) is 0.770. The maximum atomic E-state index is 12.7. The lowest BCUT2D eigenvalue weighted by atomic mass is 10.1. The van der Waals surface area contributed by atoms with Crippen LogP contribution in [0.2, 0.25) is 0 Å². The van der Waals surface area contributed by atoms with Crippen molar-refractivity contribution in [2.75, 3.05) is 12.3 Å². The topological polar surface area (TPSA) is 79.8 Å². The summed E-state index contributed by atoms with van der Waals surface area (Å²) in [6.07, 6.45) is 0.636. The number of nitrogens with one attached hydrogen (secondary N) is 2. The molecule has 6 nitrogen and oxygen atoms in total. The third-order valence-corrected chi connectivity index (χ3v) is 3.85. The highest BCUT2D eigenvalue weighted by Crippen LogP contribution is 2.10. The van der Waals surface area contributed by atoms with Gasteiger partial charge in [-0.1, -0.05) is 23.9 Å². The van der Waals surface area contributed by atoms with Crippen LogP contribution in [0.4, 0.5) is 4.39 Å². The summed E-state index contributed by atoms with van der Waals surface area (Å²) >= 11 is 1.18. The van der Waals surface area contributed by atoms with E-state index in [0.717, 1.165) is 5.56 Å². The van der Waals surface area contributed by atoms with E-state index in [-0.39, 0.29) is 23.2 Å². The van der Waals surface area contributed by atoms with E-state index in [0.29, 0.717) is 18.1 Å². The zero-order valence-corrected chi connectivity index (χ0v) is 12.2. The Bertz CT molecular complexity index is 666. The number of halogens is 1. The Labute approximate surface area is 124 Å². The number of aromatic nitrogens is 3. The molecule has 8 heteroatoms. The number of hydrogen-bond donors (Lipinski definition) is 2. The molecule has 1 aromatic heterocycles. The molecule has 0 aliphatic carbocycles. The Morgan fingerprint density at radius 3 is 2.76 bits per heavy atom. The van der Waals surface area contributed by atoms with Gasteiger partial charge in [-0.3, -0.25) is 9.36 Å². The molecule has 0 spiro atoms. The van der Waals surface area contributed by atoms with Gasteiger partial charge in [0.2, 0.25) is 5.91 Å². The van der Waals surface area contributed by atoms with Gasteiger partial charge < -0.3 is 5.32 Å². The van der Waals surface area contributed by atoms with E-state index in [1.807, 2.05) is 0 Å². The largest absolute Gasteiger partial charge is 0.355 e. The van der Waals surface area contributed by atoms with Crippen molar-refractivity contribution in [1.82, 2.24) is 20.1 Å². The molecule has 2 N–H and O–H groups in total. The smallest absolute Gasteiger partial charge is 0.343 e. The molecular formula is C13H15FN4O2S. The Balaban J connectivity index is 1.71. The average molecular weight is 310 g/mol. The first-order chi connectivity index (χ1) is 10.1. The van der Waals surface area contributed by atoms with Gasteiger partial charge in [-0.15, -0.1) is 5.10 Å². The van der Waals surface area contributed by atoms with E-state index >= 15 is 0 Å². The number of rotatable bonds is 6. The number of carbonyl (C=O) groups excluding carboxylic acids is 1.